The second-order valence-corrected chi connectivity index (χ2v) is 14.3. The molecular weight excluding hydrogens is 456 g/mol. The summed E-state index contributed by atoms with van der Waals surface area (Å²) in [6.07, 6.45) is 3.85. The van der Waals surface area contributed by atoms with Gasteiger partial charge in [0.2, 0.25) is 0 Å². The van der Waals surface area contributed by atoms with Gasteiger partial charge in [0.1, 0.15) is 0 Å². The monoisotopic (exact) mass is 506 g/mol. The molecule has 0 radical (unpaired) electrons. The minimum atomic E-state index is -0.912. The molecule has 3 saturated carbocycles. The Balaban J connectivity index is 1.73. The van der Waals surface area contributed by atoms with Crippen molar-refractivity contribution >= 4 is 5.97 Å². The maximum absolute atomic E-state index is 11.9. The molecule has 206 valence electrons. The van der Waals surface area contributed by atoms with Crippen molar-refractivity contribution in [1.29, 1.82) is 0 Å². The quantitative estimate of drug-likeness (QED) is 0.380. The summed E-state index contributed by atoms with van der Waals surface area (Å²) in [5.74, 6) is -0.357. The van der Waals surface area contributed by atoms with Crippen LogP contribution in [0.25, 0.3) is 0 Å². The van der Waals surface area contributed by atoms with Crippen LogP contribution in [-0.4, -0.2) is 55.9 Å². The van der Waals surface area contributed by atoms with Crippen LogP contribution in [0, 0.1) is 39.9 Å². The first-order valence-corrected chi connectivity index (χ1v) is 14.1. The number of rotatable bonds is 6. The van der Waals surface area contributed by atoms with Gasteiger partial charge < -0.3 is 25.2 Å². The van der Waals surface area contributed by atoms with Gasteiger partial charge in [-0.15, -0.1) is 0 Å². The van der Waals surface area contributed by atoms with Crippen molar-refractivity contribution in [2.75, 3.05) is 0 Å². The van der Waals surface area contributed by atoms with E-state index in [1.54, 1.807) is 13.8 Å². The molecule has 36 heavy (non-hydrogen) atoms. The predicted octanol–water partition coefficient (Wildman–Crippen LogP) is 4.94. The Hall–Kier alpha value is -0.950. The van der Waals surface area contributed by atoms with Crippen molar-refractivity contribution in [1.82, 2.24) is 0 Å². The lowest BCUT2D eigenvalue weighted by atomic mass is 9.37. The lowest BCUT2D eigenvalue weighted by Gasteiger charge is -2.68. The molecule has 0 spiro atoms. The third-order valence-corrected chi connectivity index (χ3v) is 12.2. The Bertz CT molecular complexity index is 894. The number of ether oxygens (including phenoxy) is 1. The zero-order valence-electron chi connectivity index (χ0n) is 23.5. The second kappa shape index (κ2) is 8.79. The molecule has 0 aromatic heterocycles. The largest absolute Gasteiger partial charge is 0.481 e. The average molecular weight is 507 g/mol. The van der Waals surface area contributed by atoms with Gasteiger partial charge in [-0.1, -0.05) is 32.9 Å². The molecule has 3 aliphatic carbocycles. The molecule has 0 bridgehead atoms. The highest BCUT2D eigenvalue weighted by atomic mass is 16.5. The summed E-state index contributed by atoms with van der Waals surface area (Å²) in [5, 5.41) is 43.8. The Labute approximate surface area is 217 Å². The molecule has 4 N–H and O–H groups in total. The van der Waals surface area contributed by atoms with Crippen LogP contribution in [-0.2, 0) is 9.53 Å². The van der Waals surface area contributed by atoms with Gasteiger partial charge in [0.15, 0.2) is 0 Å². The third kappa shape index (κ3) is 3.84. The van der Waals surface area contributed by atoms with Gasteiger partial charge in [-0.05, 0) is 102 Å². The number of aliphatic hydroxyl groups excluding tert-OH is 2. The number of aliphatic hydroxyl groups is 3. The van der Waals surface area contributed by atoms with E-state index in [0.717, 1.165) is 31.3 Å². The van der Waals surface area contributed by atoms with Crippen LogP contribution in [0.15, 0.2) is 12.2 Å². The topological polar surface area (TPSA) is 107 Å². The van der Waals surface area contributed by atoms with E-state index in [2.05, 4.69) is 34.3 Å². The van der Waals surface area contributed by atoms with Crippen LogP contribution < -0.4 is 0 Å². The van der Waals surface area contributed by atoms with Gasteiger partial charge in [-0.3, -0.25) is 4.79 Å². The van der Waals surface area contributed by atoms with Crippen molar-refractivity contribution in [2.24, 2.45) is 39.9 Å². The molecule has 0 aromatic carbocycles. The van der Waals surface area contributed by atoms with Gasteiger partial charge >= 0.3 is 5.97 Å². The molecule has 3 unspecified atom stereocenters. The fraction of sp³-hybridized carbons (Fsp3) is 0.900. The van der Waals surface area contributed by atoms with Crippen molar-refractivity contribution in [3.8, 4) is 0 Å². The summed E-state index contributed by atoms with van der Waals surface area (Å²) in [6.45, 7) is 18.6. The second-order valence-electron chi connectivity index (χ2n) is 14.3. The van der Waals surface area contributed by atoms with E-state index >= 15 is 0 Å². The Morgan fingerprint density at radius 2 is 1.61 bits per heavy atom. The van der Waals surface area contributed by atoms with Gasteiger partial charge in [0.25, 0.3) is 0 Å². The van der Waals surface area contributed by atoms with E-state index in [9.17, 15) is 25.2 Å². The van der Waals surface area contributed by atoms with Crippen LogP contribution in [0.1, 0.15) is 99.8 Å². The molecule has 0 aromatic rings. The molecule has 4 aliphatic rings. The normalized spacial score (nSPS) is 51.0. The molecule has 1 heterocycles. The molecule has 4 rings (SSSR count). The number of aliphatic carboxylic acids is 1. The summed E-state index contributed by atoms with van der Waals surface area (Å²) >= 11 is 0. The van der Waals surface area contributed by atoms with Crippen LogP contribution in [0.2, 0.25) is 0 Å². The lowest BCUT2D eigenvalue weighted by molar-refractivity contribution is -0.247. The molecule has 6 heteroatoms. The zero-order valence-corrected chi connectivity index (χ0v) is 23.5. The van der Waals surface area contributed by atoms with Crippen molar-refractivity contribution < 1.29 is 30.0 Å². The van der Waals surface area contributed by atoms with Gasteiger partial charge in [-0.25, -0.2) is 0 Å². The molecule has 1 saturated heterocycles. The fourth-order valence-corrected chi connectivity index (χ4v) is 9.98. The summed E-state index contributed by atoms with van der Waals surface area (Å²) < 4.78 is 6.59. The molecule has 1 aliphatic heterocycles. The highest BCUT2D eigenvalue weighted by Gasteiger charge is 2.73. The van der Waals surface area contributed by atoms with Crippen molar-refractivity contribution in [3.05, 3.63) is 12.2 Å². The van der Waals surface area contributed by atoms with E-state index in [1.165, 1.54) is 0 Å². The highest BCUT2D eigenvalue weighted by molar-refractivity contribution is 5.66. The van der Waals surface area contributed by atoms with Gasteiger partial charge in [-0.2, -0.15) is 0 Å². The van der Waals surface area contributed by atoms with E-state index in [-0.39, 0.29) is 41.6 Å². The first-order valence-electron chi connectivity index (χ1n) is 14.1. The van der Waals surface area contributed by atoms with Crippen LogP contribution >= 0.6 is 0 Å². The molecule has 11 atom stereocenters. The van der Waals surface area contributed by atoms with Crippen LogP contribution in [0.3, 0.4) is 0 Å². The maximum Gasteiger partial charge on any atom is 0.303 e. The molecular formula is C30H50O6. The number of hydrogen-bond donors (Lipinski definition) is 4. The first-order chi connectivity index (χ1) is 16.4. The lowest BCUT2D eigenvalue weighted by Crippen LogP contribution is -2.67. The van der Waals surface area contributed by atoms with Crippen molar-refractivity contribution in [2.45, 2.75) is 129 Å². The standard InChI is InChI=1S/C30H50O6/c1-17(2)19-15-23(32)30(8)21(27(19,5)13-12-25(33)34)10-9-18-20(16-22(31)29(18,30)7)28(6)14-11-24(36-28)26(3,4)35/h18-24,31-32,35H,1,9-16H2,2-8H3,(H,33,34)/t18?,19?,20-,21?,22-,23-,24-,27-,28-,29-,30-/m0/s1. The van der Waals surface area contributed by atoms with E-state index in [1.807, 2.05) is 6.92 Å². The first kappa shape index (κ1) is 28.1. The minimum absolute atomic E-state index is 0.0441. The SMILES string of the molecule is C=C(C)C1C[C@H](O)[C@]2(C)C(CCC3[C@@H]([C@]4(C)CC[C@@H](C(C)(C)O)O4)C[C@H](O)[C@]32C)[C@@]1(C)CCC(=O)O. The van der Waals surface area contributed by atoms with E-state index < -0.39 is 40.2 Å². The Morgan fingerprint density at radius 3 is 2.14 bits per heavy atom. The van der Waals surface area contributed by atoms with Crippen molar-refractivity contribution in [3.63, 3.8) is 0 Å². The summed E-state index contributed by atoms with van der Waals surface area (Å²) in [6, 6.07) is 0. The molecule has 0 amide bonds. The van der Waals surface area contributed by atoms with E-state index in [0.29, 0.717) is 19.3 Å². The van der Waals surface area contributed by atoms with Gasteiger partial charge in [0, 0.05) is 17.3 Å². The molecule has 6 nitrogen and oxygen atoms in total. The van der Waals surface area contributed by atoms with E-state index in [4.69, 9.17) is 4.74 Å². The number of allylic oxidation sites excluding steroid dienone is 1. The summed E-state index contributed by atoms with van der Waals surface area (Å²) in [7, 11) is 0. The van der Waals surface area contributed by atoms with Gasteiger partial charge in [0.05, 0.1) is 29.5 Å². The fourth-order valence-electron chi connectivity index (χ4n) is 9.98. The smallest absolute Gasteiger partial charge is 0.303 e. The number of carboxylic acid groups (broad SMARTS) is 1. The Morgan fingerprint density at radius 1 is 1.00 bits per heavy atom. The predicted molar refractivity (Wildman–Crippen MR) is 139 cm³/mol. The summed E-state index contributed by atoms with van der Waals surface area (Å²) in [5.41, 5.74) is -1.73. The minimum Gasteiger partial charge on any atom is -0.481 e. The average Bonchev–Trinajstić information content (AvgIpc) is 3.30. The summed E-state index contributed by atoms with van der Waals surface area (Å²) in [4.78, 5) is 11.6. The number of hydrogen-bond acceptors (Lipinski definition) is 5. The number of fused-ring (bicyclic) bond motifs is 3. The zero-order chi connectivity index (χ0) is 27.1. The van der Waals surface area contributed by atoms with Crippen LogP contribution in [0.4, 0.5) is 0 Å². The highest BCUT2D eigenvalue weighted by Crippen LogP contribution is 2.74. The number of carbonyl (C=O) groups is 1. The van der Waals surface area contributed by atoms with Crippen LogP contribution in [0.5, 0.6) is 0 Å². The Kier molecular flexibility index (Phi) is 6.85. The molecule has 4 fully saturated rings. The third-order valence-electron chi connectivity index (χ3n) is 12.2. The maximum atomic E-state index is 11.9. The number of carboxylic acids is 1.